The van der Waals surface area contributed by atoms with Gasteiger partial charge in [0, 0.05) is 32.7 Å². The molecule has 0 N–H and O–H groups in total. The number of hydrogen-bond acceptors (Lipinski definition) is 4. The molecule has 0 bridgehead atoms. The van der Waals surface area contributed by atoms with Crippen LogP contribution in [-0.2, 0) is 0 Å². The Balaban J connectivity index is 0.000000145. The second kappa shape index (κ2) is 22.5. The maximum absolute atomic E-state index is 9.62. The molecule has 0 fully saturated rings. The summed E-state index contributed by atoms with van der Waals surface area (Å²) in [6.45, 7) is 0. The Hall–Kier alpha value is -12.3. The summed E-state index contributed by atoms with van der Waals surface area (Å²) in [6, 6.07) is 116. The maximum atomic E-state index is 9.62. The van der Waals surface area contributed by atoms with Crippen LogP contribution >= 0.6 is 0 Å². The number of nitriles is 2. The van der Waals surface area contributed by atoms with Gasteiger partial charge in [0.1, 0.15) is 0 Å². The first-order valence-corrected chi connectivity index (χ1v) is 30.3. The molecule has 4 heteroatoms. The molecule has 15 aromatic carbocycles. The summed E-state index contributed by atoms with van der Waals surface area (Å²) < 4.78 is 0. The van der Waals surface area contributed by atoms with Gasteiger partial charge in [-0.1, -0.05) is 267 Å². The van der Waals surface area contributed by atoms with Gasteiger partial charge in [0.15, 0.2) is 0 Å². The number of nitrogens with zero attached hydrogens (tertiary/aromatic N) is 4. The fourth-order valence-corrected chi connectivity index (χ4v) is 13.5. The van der Waals surface area contributed by atoms with Gasteiger partial charge in [-0.15, -0.1) is 0 Å². The van der Waals surface area contributed by atoms with Gasteiger partial charge in [0.05, 0.1) is 45.7 Å². The lowest BCUT2D eigenvalue weighted by molar-refractivity contribution is 1.40. The van der Waals surface area contributed by atoms with Crippen molar-refractivity contribution in [3.8, 4) is 90.3 Å². The molecule has 0 aliphatic heterocycles. The summed E-state index contributed by atoms with van der Waals surface area (Å²) in [4.78, 5) is 10.7. The van der Waals surface area contributed by atoms with Gasteiger partial charge in [-0.05, 0) is 158 Å². The molecule has 0 saturated carbocycles. The summed E-state index contributed by atoms with van der Waals surface area (Å²) in [5, 5.41) is 35.4. The number of hydrogen-bond donors (Lipinski definition) is 0. The highest BCUT2D eigenvalue weighted by Gasteiger charge is 2.21. The van der Waals surface area contributed by atoms with Gasteiger partial charge in [-0.25, -0.2) is 9.97 Å². The predicted molar refractivity (Wildman–Crippen MR) is 376 cm³/mol. The fraction of sp³-hybridized carbons (Fsp3) is 0. The summed E-state index contributed by atoms with van der Waals surface area (Å²) in [7, 11) is 0. The zero-order valence-electron chi connectivity index (χ0n) is 48.8. The van der Waals surface area contributed by atoms with Crippen molar-refractivity contribution in [2.75, 3.05) is 0 Å². The number of benzene rings is 15. The molecule has 0 aliphatic carbocycles. The van der Waals surface area contributed by atoms with Crippen LogP contribution in [0.3, 0.4) is 0 Å². The quantitative estimate of drug-likeness (QED) is 0.149. The molecule has 4 nitrogen and oxygen atoms in total. The van der Waals surface area contributed by atoms with E-state index in [2.05, 4.69) is 279 Å². The second-order valence-corrected chi connectivity index (χ2v) is 22.9. The third-order valence-corrected chi connectivity index (χ3v) is 17.8. The Kier molecular flexibility index (Phi) is 13.3. The third kappa shape index (κ3) is 9.41. The Morgan fingerprint density at radius 2 is 0.511 bits per heavy atom. The van der Waals surface area contributed by atoms with Gasteiger partial charge >= 0.3 is 0 Å². The second-order valence-electron chi connectivity index (χ2n) is 22.9. The summed E-state index contributed by atoms with van der Waals surface area (Å²) in [5.41, 5.74) is 18.6. The van der Waals surface area contributed by atoms with E-state index in [1.165, 1.54) is 81.7 Å². The van der Waals surface area contributed by atoms with Crippen LogP contribution in [0.5, 0.6) is 0 Å². The molecule has 0 saturated heterocycles. The molecule has 2 aromatic heterocycles. The van der Waals surface area contributed by atoms with Crippen LogP contribution in [0.1, 0.15) is 11.1 Å². The lowest BCUT2D eigenvalue weighted by Crippen LogP contribution is -1.94. The highest BCUT2D eigenvalue weighted by Crippen LogP contribution is 2.46. The van der Waals surface area contributed by atoms with Crippen molar-refractivity contribution in [1.82, 2.24) is 9.97 Å². The van der Waals surface area contributed by atoms with Crippen molar-refractivity contribution in [3.05, 3.63) is 327 Å². The topological polar surface area (TPSA) is 73.4 Å². The fourth-order valence-electron chi connectivity index (χ4n) is 13.5. The highest BCUT2D eigenvalue weighted by atomic mass is 14.7. The maximum Gasteiger partial charge on any atom is 0.0991 e. The minimum absolute atomic E-state index is 0.622. The minimum atomic E-state index is 0.622. The Bertz CT molecular complexity index is 5790. The van der Waals surface area contributed by atoms with Gasteiger partial charge in [-0.3, -0.25) is 0 Å². The molecule has 0 radical (unpaired) electrons. The molecule has 0 amide bonds. The lowest BCUT2D eigenvalue weighted by atomic mass is 9.88. The number of aromatic nitrogens is 2. The van der Waals surface area contributed by atoms with Crippen molar-refractivity contribution in [2.45, 2.75) is 0 Å². The highest BCUT2D eigenvalue weighted by molar-refractivity contribution is 6.21. The largest absolute Gasteiger partial charge is 0.247 e. The van der Waals surface area contributed by atoms with E-state index in [1.807, 2.05) is 48.5 Å². The first-order valence-electron chi connectivity index (χ1n) is 30.3. The minimum Gasteiger partial charge on any atom is -0.247 e. The van der Waals surface area contributed by atoms with Gasteiger partial charge in [-0.2, -0.15) is 10.5 Å². The Morgan fingerprint density at radius 3 is 0.911 bits per heavy atom. The third-order valence-electron chi connectivity index (χ3n) is 17.8. The normalized spacial score (nSPS) is 11.3. The van der Waals surface area contributed by atoms with Crippen LogP contribution < -0.4 is 0 Å². The van der Waals surface area contributed by atoms with Crippen molar-refractivity contribution in [3.63, 3.8) is 0 Å². The summed E-state index contributed by atoms with van der Waals surface area (Å²) in [5.74, 6) is 0. The number of pyridine rings is 2. The van der Waals surface area contributed by atoms with Crippen molar-refractivity contribution in [1.29, 1.82) is 10.5 Å². The Morgan fingerprint density at radius 1 is 0.200 bits per heavy atom. The summed E-state index contributed by atoms with van der Waals surface area (Å²) in [6.07, 6.45) is 0. The van der Waals surface area contributed by atoms with Crippen LogP contribution in [0.15, 0.2) is 315 Å². The van der Waals surface area contributed by atoms with E-state index in [0.29, 0.717) is 11.1 Å². The van der Waals surface area contributed by atoms with Crippen LogP contribution in [0.25, 0.3) is 165 Å². The average molecular weight is 1140 g/mol. The van der Waals surface area contributed by atoms with E-state index in [-0.39, 0.29) is 0 Å². The molecule has 0 aliphatic rings. The Labute approximate surface area is 520 Å². The standard InChI is InChI=1S/C46H28N2.C40H24N2/c47-29-30-19-21-31(22-20-30)32-23-25-35(26-24-32)45-28-43(39-18-8-12-34-10-2-4-14-37(34)39)44-27-42(40-15-5-6-16-41(40)46(44)48-45)38-17-7-11-33-9-1-3-13-36(33)38;41-25-26-10-7-15-29(22-26)39-24-37(33-21-9-14-28-12-2-4-17-31(28)33)38-23-36(34-18-5-6-19-35(34)40(38)42-39)32-20-8-13-27-11-1-3-16-30(27)32/h1-28H;1-24H. The number of rotatable bonds is 7. The molecule has 0 atom stereocenters. The zero-order valence-corrected chi connectivity index (χ0v) is 48.8. The molecule has 0 unspecified atom stereocenters. The zero-order chi connectivity index (χ0) is 60.1. The average Bonchev–Trinajstić information content (AvgIpc) is 0.781. The van der Waals surface area contributed by atoms with E-state index in [0.717, 1.165) is 82.9 Å². The van der Waals surface area contributed by atoms with Crippen molar-refractivity contribution in [2.24, 2.45) is 0 Å². The molecule has 416 valence electrons. The monoisotopic (exact) mass is 1140 g/mol. The molecule has 90 heavy (non-hydrogen) atoms. The smallest absolute Gasteiger partial charge is 0.0991 e. The van der Waals surface area contributed by atoms with Crippen LogP contribution in [0, 0.1) is 22.7 Å². The lowest BCUT2D eigenvalue weighted by Gasteiger charge is -2.17. The molecule has 2 heterocycles. The van der Waals surface area contributed by atoms with E-state index >= 15 is 0 Å². The first-order chi connectivity index (χ1) is 44.5. The van der Waals surface area contributed by atoms with Crippen LogP contribution in [-0.4, -0.2) is 9.97 Å². The molecule has 0 spiro atoms. The van der Waals surface area contributed by atoms with Gasteiger partial charge in [0.2, 0.25) is 0 Å². The predicted octanol–water partition coefficient (Wildman–Crippen LogP) is 22.8. The van der Waals surface area contributed by atoms with E-state index in [9.17, 15) is 10.5 Å². The molecule has 17 rings (SSSR count). The van der Waals surface area contributed by atoms with Crippen LogP contribution in [0.2, 0.25) is 0 Å². The van der Waals surface area contributed by atoms with Gasteiger partial charge in [0.25, 0.3) is 0 Å². The summed E-state index contributed by atoms with van der Waals surface area (Å²) >= 11 is 0. The van der Waals surface area contributed by atoms with E-state index in [4.69, 9.17) is 9.97 Å². The first kappa shape index (κ1) is 53.2. The van der Waals surface area contributed by atoms with E-state index in [1.54, 1.807) is 0 Å². The molecule has 17 aromatic rings. The number of fused-ring (bicyclic) bond motifs is 10. The van der Waals surface area contributed by atoms with Gasteiger partial charge < -0.3 is 0 Å². The SMILES string of the molecule is N#Cc1ccc(-c2ccc(-c3cc(-c4cccc5ccccc45)c4cc(-c5cccc6ccccc56)c5ccccc5c4n3)cc2)cc1.N#Cc1cccc(-c2cc(-c3cccc4ccccc34)c3cc(-c4cccc5ccccc45)c4ccccc4c3n2)c1. The molecular weight excluding hydrogens is 1090 g/mol. The van der Waals surface area contributed by atoms with Crippen molar-refractivity contribution < 1.29 is 0 Å². The van der Waals surface area contributed by atoms with Crippen molar-refractivity contribution >= 4 is 86.4 Å². The van der Waals surface area contributed by atoms with Crippen LogP contribution in [0.4, 0.5) is 0 Å². The molecular formula is C86H52N4. The van der Waals surface area contributed by atoms with E-state index < -0.39 is 0 Å².